The van der Waals surface area contributed by atoms with Crippen LogP contribution in [0.25, 0.3) is 0 Å². The summed E-state index contributed by atoms with van der Waals surface area (Å²) in [5.74, 6) is 1.02. The van der Waals surface area contributed by atoms with Crippen LogP contribution in [0.1, 0.15) is 46.5 Å². The highest BCUT2D eigenvalue weighted by molar-refractivity contribution is 4.78. The van der Waals surface area contributed by atoms with Gasteiger partial charge >= 0.3 is 0 Å². The maximum Gasteiger partial charge on any atom is 0.00644 e. The molecule has 0 aromatic carbocycles. The fourth-order valence-corrected chi connectivity index (χ4v) is 1.90. The van der Waals surface area contributed by atoms with Gasteiger partial charge in [0.05, 0.1) is 0 Å². The normalized spacial score (nSPS) is 18.8. The fourth-order valence-electron chi connectivity index (χ4n) is 1.90. The Balaban J connectivity index is 1.98. The molecule has 1 atom stereocenters. The van der Waals surface area contributed by atoms with E-state index in [1.54, 1.807) is 0 Å². The highest BCUT2D eigenvalue weighted by Crippen LogP contribution is 2.30. The van der Waals surface area contributed by atoms with E-state index in [1.165, 1.54) is 38.8 Å². The lowest BCUT2D eigenvalue weighted by Crippen LogP contribution is -2.32. The minimum Gasteiger partial charge on any atom is -0.315 e. The van der Waals surface area contributed by atoms with Gasteiger partial charge in [-0.2, -0.15) is 0 Å². The topological polar surface area (TPSA) is 15.3 Å². The van der Waals surface area contributed by atoms with Crippen LogP contribution in [0, 0.1) is 5.92 Å². The Bertz CT molecular complexity index is 164. The molecule has 0 aliphatic heterocycles. The molecule has 90 valence electrons. The molecule has 0 aromatic rings. The molecule has 1 aliphatic carbocycles. The predicted octanol–water partition coefficient (Wildman–Crippen LogP) is 2.49. The van der Waals surface area contributed by atoms with E-state index in [9.17, 15) is 0 Å². The van der Waals surface area contributed by atoms with Gasteiger partial charge in [0.15, 0.2) is 0 Å². The first-order valence-corrected chi connectivity index (χ1v) is 6.53. The van der Waals surface area contributed by atoms with Crippen molar-refractivity contribution in [3.05, 3.63) is 0 Å². The lowest BCUT2D eigenvalue weighted by Gasteiger charge is -2.24. The second kappa shape index (κ2) is 6.49. The third-order valence-electron chi connectivity index (χ3n) is 3.35. The Kier molecular flexibility index (Phi) is 5.62. The Morgan fingerprint density at radius 2 is 1.93 bits per heavy atom. The van der Waals surface area contributed by atoms with Crippen molar-refractivity contribution in [3.63, 3.8) is 0 Å². The number of nitrogens with zero attached hydrogens (tertiary/aromatic N) is 1. The van der Waals surface area contributed by atoms with Gasteiger partial charge in [0.2, 0.25) is 0 Å². The molecule has 1 N–H and O–H groups in total. The van der Waals surface area contributed by atoms with E-state index in [2.05, 4.69) is 38.0 Å². The van der Waals surface area contributed by atoms with Crippen molar-refractivity contribution in [3.8, 4) is 0 Å². The lowest BCUT2D eigenvalue weighted by molar-refractivity contribution is 0.233. The highest BCUT2D eigenvalue weighted by atomic mass is 15.1. The molecule has 1 rings (SSSR count). The molecule has 1 fully saturated rings. The van der Waals surface area contributed by atoms with Gasteiger partial charge in [-0.05, 0) is 52.1 Å². The zero-order valence-electron chi connectivity index (χ0n) is 10.9. The van der Waals surface area contributed by atoms with Crippen LogP contribution in [0.15, 0.2) is 0 Å². The Hall–Kier alpha value is -0.0800. The quantitative estimate of drug-likeness (QED) is 0.622. The Labute approximate surface area is 95.4 Å². The highest BCUT2D eigenvalue weighted by Gasteiger charge is 2.24. The van der Waals surface area contributed by atoms with Crippen LogP contribution in [0.3, 0.4) is 0 Å². The number of hydrogen-bond donors (Lipinski definition) is 1. The second-order valence-electron chi connectivity index (χ2n) is 5.48. The van der Waals surface area contributed by atoms with E-state index in [0.717, 1.165) is 12.0 Å². The van der Waals surface area contributed by atoms with Gasteiger partial charge in [0, 0.05) is 18.6 Å². The van der Waals surface area contributed by atoms with E-state index in [4.69, 9.17) is 0 Å². The molecule has 0 radical (unpaired) electrons. The molecule has 0 aromatic heterocycles. The summed E-state index contributed by atoms with van der Waals surface area (Å²) >= 11 is 0. The molecule has 1 unspecified atom stereocenters. The summed E-state index contributed by atoms with van der Waals surface area (Å²) in [6.07, 6.45) is 5.55. The summed E-state index contributed by atoms with van der Waals surface area (Å²) in [4.78, 5) is 2.53. The smallest absolute Gasteiger partial charge is 0.00644 e. The molecule has 0 amide bonds. The first-order chi connectivity index (χ1) is 7.09. The van der Waals surface area contributed by atoms with Crippen molar-refractivity contribution in [1.29, 1.82) is 0 Å². The van der Waals surface area contributed by atoms with Crippen molar-refractivity contribution >= 4 is 0 Å². The predicted molar refractivity (Wildman–Crippen MR) is 67.2 cm³/mol. The van der Waals surface area contributed by atoms with Gasteiger partial charge < -0.3 is 10.2 Å². The van der Waals surface area contributed by atoms with Crippen LogP contribution in [-0.2, 0) is 0 Å². The molecular formula is C13H28N2. The number of rotatable bonds is 8. The van der Waals surface area contributed by atoms with Crippen LogP contribution in [0.2, 0.25) is 0 Å². The Morgan fingerprint density at radius 3 is 2.47 bits per heavy atom. The van der Waals surface area contributed by atoms with Gasteiger partial charge in [0.25, 0.3) is 0 Å². The molecule has 0 spiro atoms. The van der Waals surface area contributed by atoms with Gasteiger partial charge in [-0.15, -0.1) is 0 Å². The molecule has 0 heterocycles. The summed E-state index contributed by atoms with van der Waals surface area (Å²) in [5, 5.41) is 3.47. The summed E-state index contributed by atoms with van der Waals surface area (Å²) in [6.45, 7) is 9.26. The van der Waals surface area contributed by atoms with E-state index in [1.807, 2.05) is 0 Å². The number of nitrogens with one attached hydrogen (secondary N) is 1. The average Bonchev–Trinajstić information content (AvgIpc) is 2.95. The maximum atomic E-state index is 3.47. The van der Waals surface area contributed by atoms with E-state index in [0.29, 0.717) is 6.04 Å². The summed E-state index contributed by atoms with van der Waals surface area (Å²) in [6, 6.07) is 1.38. The van der Waals surface area contributed by atoms with Crippen molar-refractivity contribution in [2.75, 3.05) is 20.1 Å². The largest absolute Gasteiger partial charge is 0.315 e. The Morgan fingerprint density at radius 1 is 1.27 bits per heavy atom. The van der Waals surface area contributed by atoms with Crippen LogP contribution in [-0.4, -0.2) is 37.1 Å². The zero-order valence-corrected chi connectivity index (χ0v) is 10.9. The van der Waals surface area contributed by atoms with Crippen LogP contribution < -0.4 is 5.32 Å². The fraction of sp³-hybridized carbons (Fsp3) is 1.00. The second-order valence-corrected chi connectivity index (χ2v) is 5.48. The first-order valence-electron chi connectivity index (χ1n) is 6.53. The minimum absolute atomic E-state index is 0.629. The molecule has 0 saturated heterocycles. The van der Waals surface area contributed by atoms with E-state index >= 15 is 0 Å². The SMILES string of the molecule is CC(C)NCCCC(C)N(C)CC1CC1. The maximum absolute atomic E-state index is 3.47. The van der Waals surface area contributed by atoms with Crippen molar-refractivity contribution in [1.82, 2.24) is 10.2 Å². The van der Waals surface area contributed by atoms with Gasteiger partial charge in [-0.1, -0.05) is 13.8 Å². The minimum atomic E-state index is 0.629. The molecule has 2 nitrogen and oxygen atoms in total. The van der Waals surface area contributed by atoms with Crippen LogP contribution >= 0.6 is 0 Å². The zero-order chi connectivity index (χ0) is 11.3. The van der Waals surface area contributed by atoms with Crippen molar-refractivity contribution < 1.29 is 0 Å². The first kappa shape index (κ1) is 13.0. The average molecular weight is 212 g/mol. The molecule has 2 heteroatoms. The summed E-state index contributed by atoms with van der Waals surface area (Å²) < 4.78 is 0. The monoisotopic (exact) mass is 212 g/mol. The van der Waals surface area contributed by atoms with E-state index < -0.39 is 0 Å². The third-order valence-corrected chi connectivity index (χ3v) is 3.35. The van der Waals surface area contributed by atoms with Crippen molar-refractivity contribution in [2.24, 2.45) is 5.92 Å². The van der Waals surface area contributed by atoms with Crippen LogP contribution in [0.5, 0.6) is 0 Å². The third kappa shape index (κ3) is 6.16. The van der Waals surface area contributed by atoms with Crippen LogP contribution in [0.4, 0.5) is 0 Å². The summed E-state index contributed by atoms with van der Waals surface area (Å²) in [5.41, 5.74) is 0. The van der Waals surface area contributed by atoms with Crippen molar-refractivity contribution in [2.45, 2.75) is 58.5 Å². The standard InChI is InChI=1S/C13H28N2/c1-11(2)14-9-5-6-12(3)15(4)10-13-7-8-13/h11-14H,5-10H2,1-4H3. The van der Waals surface area contributed by atoms with Gasteiger partial charge in [-0.3, -0.25) is 0 Å². The molecular weight excluding hydrogens is 184 g/mol. The molecule has 1 aliphatic rings. The summed E-state index contributed by atoms with van der Waals surface area (Å²) in [7, 11) is 2.28. The molecule has 15 heavy (non-hydrogen) atoms. The molecule has 1 saturated carbocycles. The number of hydrogen-bond acceptors (Lipinski definition) is 2. The molecule has 0 bridgehead atoms. The lowest BCUT2D eigenvalue weighted by atomic mass is 10.1. The van der Waals surface area contributed by atoms with Gasteiger partial charge in [-0.25, -0.2) is 0 Å². The van der Waals surface area contributed by atoms with Gasteiger partial charge in [0.1, 0.15) is 0 Å². The van der Waals surface area contributed by atoms with E-state index in [-0.39, 0.29) is 0 Å².